The number of nitrogens with zero attached hydrogens (tertiary/aromatic N) is 3. The summed E-state index contributed by atoms with van der Waals surface area (Å²) in [6, 6.07) is 8.05. The number of methoxy groups -OCH3 is 1. The van der Waals surface area contributed by atoms with Gasteiger partial charge in [0.25, 0.3) is 0 Å². The fourth-order valence-corrected chi connectivity index (χ4v) is 3.67. The first-order chi connectivity index (χ1) is 14.6. The minimum Gasteiger partial charge on any atom is -0.497 e. The van der Waals surface area contributed by atoms with Crippen LogP contribution in [0, 0.1) is 19.8 Å². The number of aryl methyl sites for hydroxylation is 2. The molecule has 164 valence electrons. The van der Waals surface area contributed by atoms with E-state index in [4.69, 9.17) is 14.1 Å². The van der Waals surface area contributed by atoms with Crippen LogP contribution >= 0.6 is 0 Å². The molecule has 1 aromatic heterocycles. The lowest BCUT2D eigenvalue weighted by Gasteiger charge is -2.31. The number of aliphatic imine (C=N–C) groups is 1. The van der Waals surface area contributed by atoms with Crippen molar-refractivity contribution in [3.05, 3.63) is 47.2 Å². The number of hydrogen-bond acceptors (Lipinski definition) is 5. The van der Waals surface area contributed by atoms with E-state index < -0.39 is 0 Å². The summed E-state index contributed by atoms with van der Waals surface area (Å²) >= 11 is 0. The molecule has 1 aromatic carbocycles. The minimum absolute atomic E-state index is 0.625. The molecule has 0 unspecified atom stereocenters. The Balaban J connectivity index is 1.44. The number of hydrogen-bond donors (Lipinski definition) is 2. The van der Waals surface area contributed by atoms with Crippen LogP contribution in [-0.2, 0) is 13.1 Å². The van der Waals surface area contributed by atoms with Crippen LogP contribution in [-0.4, -0.2) is 49.1 Å². The fourth-order valence-electron chi connectivity index (χ4n) is 3.67. The topological polar surface area (TPSA) is 74.9 Å². The number of aromatic nitrogens is 1. The molecule has 1 aliphatic heterocycles. The van der Waals surface area contributed by atoms with Gasteiger partial charge in [0.15, 0.2) is 5.96 Å². The first-order valence-corrected chi connectivity index (χ1v) is 10.9. The summed E-state index contributed by atoms with van der Waals surface area (Å²) in [5.41, 5.74) is 2.13. The predicted molar refractivity (Wildman–Crippen MR) is 120 cm³/mol. The number of likely N-dealkylation sites (tertiary alicyclic amines) is 1. The Labute approximate surface area is 179 Å². The summed E-state index contributed by atoms with van der Waals surface area (Å²) in [5.74, 6) is 4.14. The minimum atomic E-state index is 0.625. The number of nitrogens with one attached hydrogen (secondary N) is 2. The summed E-state index contributed by atoms with van der Waals surface area (Å²) < 4.78 is 11.0. The molecule has 3 rings (SSSR count). The van der Waals surface area contributed by atoms with Crippen molar-refractivity contribution in [2.24, 2.45) is 10.9 Å². The second-order valence-electron chi connectivity index (χ2n) is 7.90. The molecular weight excluding hydrogens is 378 g/mol. The van der Waals surface area contributed by atoms with E-state index in [2.05, 4.69) is 33.5 Å². The standard InChI is InChI=1S/C23H35N5O2/c1-5-24-23(26-15-20-7-6-8-21(13-20)29-4)25-14-19-9-11-28(12-10-19)16-22-27-17(2)18(3)30-22/h6-8,13,19H,5,9-12,14-16H2,1-4H3,(H2,24,25,26). The molecule has 2 N–H and O–H groups in total. The van der Waals surface area contributed by atoms with E-state index in [1.54, 1.807) is 7.11 Å². The van der Waals surface area contributed by atoms with Gasteiger partial charge in [-0.05, 0) is 70.3 Å². The molecule has 30 heavy (non-hydrogen) atoms. The van der Waals surface area contributed by atoms with Crippen LogP contribution in [0.1, 0.15) is 42.7 Å². The second kappa shape index (κ2) is 11.0. The van der Waals surface area contributed by atoms with Gasteiger partial charge in [0.05, 0.1) is 25.9 Å². The Morgan fingerprint density at radius 3 is 2.73 bits per heavy atom. The van der Waals surface area contributed by atoms with Crippen LogP contribution in [0.5, 0.6) is 5.75 Å². The molecule has 0 saturated carbocycles. The van der Waals surface area contributed by atoms with Gasteiger partial charge in [-0.1, -0.05) is 12.1 Å². The number of guanidine groups is 1. The van der Waals surface area contributed by atoms with E-state index in [1.807, 2.05) is 32.0 Å². The molecule has 1 saturated heterocycles. The molecule has 2 aromatic rings. The molecular formula is C23H35N5O2. The first kappa shape index (κ1) is 22.2. The number of piperidine rings is 1. The van der Waals surface area contributed by atoms with Crippen molar-refractivity contribution in [3.63, 3.8) is 0 Å². The highest BCUT2D eigenvalue weighted by molar-refractivity contribution is 5.79. The Morgan fingerprint density at radius 2 is 2.07 bits per heavy atom. The van der Waals surface area contributed by atoms with Crippen LogP contribution in [0.15, 0.2) is 33.7 Å². The van der Waals surface area contributed by atoms with Crippen LogP contribution in [0.25, 0.3) is 0 Å². The zero-order valence-electron chi connectivity index (χ0n) is 18.7. The Hall–Kier alpha value is -2.54. The zero-order chi connectivity index (χ0) is 21.3. The summed E-state index contributed by atoms with van der Waals surface area (Å²) in [5, 5.41) is 6.87. The summed E-state index contributed by atoms with van der Waals surface area (Å²) in [4.78, 5) is 11.7. The first-order valence-electron chi connectivity index (χ1n) is 10.9. The lowest BCUT2D eigenvalue weighted by Crippen LogP contribution is -2.42. The summed E-state index contributed by atoms with van der Waals surface area (Å²) in [6.07, 6.45) is 2.34. The van der Waals surface area contributed by atoms with Crippen LogP contribution in [0.2, 0.25) is 0 Å². The summed E-state index contributed by atoms with van der Waals surface area (Å²) in [7, 11) is 1.69. The maximum Gasteiger partial charge on any atom is 0.208 e. The van der Waals surface area contributed by atoms with E-state index >= 15 is 0 Å². The second-order valence-corrected chi connectivity index (χ2v) is 7.90. The van der Waals surface area contributed by atoms with Crippen molar-refractivity contribution in [2.75, 3.05) is 33.3 Å². The highest BCUT2D eigenvalue weighted by Crippen LogP contribution is 2.19. The van der Waals surface area contributed by atoms with Crippen molar-refractivity contribution < 1.29 is 9.15 Å². The third kappa shape index (κ3) is 6.49. The van der Waals surface area contributed by atoms with Crippen LogP contribution < -0.4 is 15.4 Å². The average molecular weight is 414 g/mol. The zero-order valence-corrected chi connectivity index (χ0v) is 18.7. The number of benzene rings is 1. The number of ether oxygens (including phenoxy) is 1. The number of rotatable bonds is 8. The van der Waals surface area contributed by atoms with E-state index in [1.165, 1.54) is 12.8 Å². The van der Waals surface area contributed by atoms with Crippen molar-refractivity contribution in [1.29, 1.82) is 0 Å². The lowest BCUT2D eigenvalue weighted by molar-refractivity contribution is 0.164. The van der Waals surface area contributed by atoms with Gasteiger partial charge in [-0.15, -0.1) is 0 Å². The smallest absolute Gasteiger partial charge is 0.208 e. The highest BCUT2D eigenvalue weighted by Gasteiger charge is 2.21. The van der Waals surface area contributed by atoms with Crippen molar-refractivity contribution in [1.82, 2.24) is 20.5 Å². The highest BCUT2D eigenvalue weighted by atomic mass is 16.5. The van der Waals surface area contributed by atoms with E-state index in [-0.39, 0.29) is 0 Å². The van der Waals surface area contributed by atoms with Gasteiger partial charge in [0.2, 0.25) is 5.89 Å². The quantitative estimate of drug-likeness (QED) is 0.511. The lowest BCUT2D eigenvalue weighted by atomic mass is 9.97. The number of oxazole rings is 1. The monoisotopic (exact) mass is 413 g/mol. The Morgan fingerprint density at radius 1 is 1.27 bits per heavy atom. The Bertz CT molecular complexity index is 805. The maximum atomic E-state index is 5.73. The van der Waals surface area contributed by atoms with Gasteiger partial charge in [0, 0.05) is 13.1 Å². The van der Waals surface area contributed by atoms with Gasteiger partial charge < -0.3 is 19.8 Å². The van der Waals surface area contributed by atoms with Crippen molar-refractivity contribution in [2.45, 2.75) is 46.7 Å². The predicted octanol–water partition coefficient (Wildman–Crippen LogP) is 3.27. The third-order valence-corrected chi connectivity index (χ3v) is 5.60. The van der Waals surface area contributed by atoms with E-state index in [9.17, 15) is 0 Å². The molecule has 0 bridgehead atoms. The average Bonchev–Trinajstić information content (AvgIpc) is 3.08. The fraction of sp³-hybridized carbons (Fsp3) is 0.565. The van der Waals surface area contributed by atoms with E-state index in [0.717, 1.165) is 67.3 Å². The van der Waals surface area contributed by atoms with Gasteiger partial charge in [-0.2, -0.15) is 0 Å². The van der Waals surface area contributed by atoms with Gasteiger partial charge in [-0.3, -0.25) is 4.90 Å². The summed E-state index contributed by atoms with van der Waals surface area (Å²) in [6.45, 7) is 11.4. The Kier molecular flexibility index (Phi) is 8.13. The van der Waals surface area contributed by atoms with Crippen LogP contribution in [0.4, 0.5) is 0 Å². The normalized spacial score (nSPS) is 15.9. The van der Waals surface area contributed by atoms with Gasteiger partial charge in [0.1, 0.15) is 11.5 Å². The molecule has 1 aliphatic rings. The van der Waals surface area contributed by atoms with Gasteiger partial charge >= 0.3 is 0 Å². The van der Waals surface area contributed by atoms with Gasteiger partial charge in [-0.25, -0.2) is 9.98 Å². The van der Waals surface area contributed by atoms with Crippen molar-refractivity contribution in [3.8, 4) is 5.75 Å². The maximum absolute atomic E-state index is 5.73. The third-order valence-electron chi connectivity index (χ3n) is 5.60. The van der Waals surface area contributed by atoms with Crippen LogP contribution in [0.3, 0.4) is 0 Å². The molecule has 0 aliphatic carbocycles. The molecule has 0 amide bonds. The molecule has 1 fully saturated rings. The molecule has 0 spiro atoms. The molecule has 7 nitrogen and oxygen atoms in total. The largest absolute Gasteiger partial charge is 0.497 e. The molecule has 0 atom stereocenters. The van der Waals surface area contributed by atoms with E-state index in [0.29, 0.717) is 12.5 Å². The SMILES string of the molecule is CCNC(=NCc1cccc(OC)c1)NCC1CCN(Cc2nc(C)c(C)o2)CC1. The molecule has 2 heterocycles. The molecule has 7 heteroatoms. The van der Waals surface area contributed by atoms with Crippen molar-refractivity contribution >= 4 is 5.96 Å². The molecule has 0 radical (unpaired) electrons.